The molecule has 4 heteroatoms. The lowest BCUT2D eigenvalue weighted by atomic mass is 10.1. The average Bonchev–Trinajstić information content (AvgIpc) is 2.72. The molecule has 3 nitrogen and oxygen atoms in total. The maximum atomic E-state index is 12.2. The van der Waals surface area contributed by atoms with Crippen LogP contribution in [-0.4, -0.2) is 53.3 Å². The molecule has 3 unspecified atom stereocenters. The van der Waals surface area contributed by atoms with E-state index in [0.29, 0.717) is 18.0 Å². The monoisotopic (exact) mass is 244 g/mol. The highest BCUT2D eigenvalue weighted by atomic mass is 35.5. The first-order valence-electron chi connectivity index (χ1n) is 6.24. The minimum atomic E-state index is -0.0444. The quantitative estimate of drug-likeness (QED) is 0.689. The van der Waals surface area contributed by atoms with Crippen molar-refractivity contribution < 1.29 is 4.79 Å². The van der Waals surface area contributed by atoms with Crippen molar-refractivity contribution in [2.75, 3.05) is 25.5 Å². The Balaban J connectivity index is 2.02. The Bertz CT molecular complexity index is 272. The molecule has 2 heterocycles. The lowest BCUT2D eigenvalue weighted by Gasteiger charge is -2.43. The van der Waals surface area contributed by atoms with E-state index in [-0.39, 0.29) is 11.8 Å². The van der Waals surface area contributed by atoms with Crippen molar-refractivity contribution in [1.29, 1.82) is 0 Å². The van der Waals surface area contributed by atoms with Crippen molar-refractivity contribution in [2.24, 2.45) is 5.92 Å². The van der Waals surface area contributed by atoms with Crippen molar-refractivity contribution in [2.45, 2.75) is 38.8 Å². The van der Waals surface area contributed by atoms with Crippen LogP contribution in [0.2, 0.25) is 0 Å². The van der Waals surface area contributed by atoms with E-state index in [1.165, 1.54) is 19.4 Å². The van der Waals surface area contributed by atoms with Crippen LogP contribution >= 0.6 is 11.6 Å². The van der Waals surface area contributed by atoms with Gasteiger partial charge in [-0.05, 0) is 26.3 Å². The van der Waals surface area contributed by atoms with E-state index >= 15 is 0 Å². The third-order valence-corrected chi connectivity index (χ3v) is 4.34. The Kier molecular flexibility index (Phi) is 3.75. The molecule has 2 aliphatic heterocycles. The lowest BCUT2D eigenvalue weighted by Crippen LogP contribution is -2.57. The van der Waals surface area contributed by atoms with E-state index in [1.807, 2.05) is 11.8 Å². The molecule has 0 aromatic carbocycles. The van der Waals surface area contributed by atoms with Gasteiger partial charge in [0, 0.05) is 37.0 Å². The molecule has 0 bridgehead atoms. The Morgan fingerprint density at radius 2 is 2.25 bits per heavy atom. The van der Waals surface area contributed by atoms with Gasteiger partial charge in [0.1, 0.15) is 0 Å². The van der Waals surface area contributed by atoms with Crippen molar-refractivity contribution in [1.82, 2.24) is 9.80 Å². The lowest BCUT2D eigenvalue weighted by molar-refractivity contribution is -0.139. The van der Waals surface area contributed by atoms with Gasteiger partial charge in [-0.1, -0.05) is 6.92 Å². The van der Waals surface area contributed by atoms with E-state index in [9.17, 15) is 4.79 Å². The summed E-state index contributed by atoms with van der Waals surface area (Å²) in [6, 6.07) is 0.940. The molecule has 0 aromatic rings. The molecule has 16 heavy (non-hydrogen) atoms. The molecule has 2 saturated heterocycles. The summed E-state index contributed by atoms with van der Waals surface area (Å²) in [5.41, 5.74) is 0. The summed E-state index contributed by atoms with van der Waals surface area (Å²) in [5, 5.41) is 0. The number of fused-ring (bicyclic) bond motifs is 1. The predicted molar refractivity (Wildman–Crippen MR) is 65.7 cm³/mol. The van der Waals surface area contributed by atoms with E-state index in [0.717, 1.165) is 13.1 Å². The zero-order valence-electron chi connectivity index (χ0n) is 10.2. The first-order valence-corrected chi connectivity index (χ1v) is 6.77. The van der Waals surface area contributed by atoms with Crippen molar-refractivity contribution >= 4 is 17.5 Å². The second kappa shape index (κ2) is 4.92. The summed E-state index contributed by atoms with van der Waals surface area (Å²) in [6.45, 7) is 7.21. The van der Waals surface area contributed by atoms with E-state index in [4.69, 9.17) is 11.6 Å². The molecule has 2 aliphatic rings. The van der Waals surface area contributed by atoms with Gasteiger partial charge in [0.15, 0.2) is 0 Å². The summed E-state index contributed by atoms with van der Waals surface area (Å²) in [6.07, 6.45) is 2.52. The molecule has 2 fully saturated rings. The highest BCUT2D eigenvalue weighted by Crippen LogP contribution is 2.25. The number of carbonyl (C=O) groups excluding carboxylic acids is 1. The van der Waals surface area contributed by atoms with E-state index in [1.54, 1.807) is 0 Å². The van der Waals surface area contributed by atoms with E-state index < -0.39 is 0 Å². The van der Waals surface area contributed by atoms with Gasteiger partial charge in [0.05, 0.1) is 0 Å². The number of alkyl halides is 1. The van der Waals surface area contributed by atoms with Crippen LogP contribution in [0.5, 0.6) is 0 Å². The van der Waals surface area contributed by atoms with Crippen LogP contribution in [0.25, 0.3) is 0 Å². The van der Waals surface area contributed by atoms with Crippen molar-refractivity contribution in [3.05, 3.63) is 0 Å². The second-order valence-corrected chi connectivity index (χ2v) is 5.49. The van der Waals surface area contributed by atoms with Gasteiger partial charge < -0.3 is 4.90 Å². The standard InChI is InChI=1S/C12H21ClN2O/c1-9(6-13)12(16)15-8-11-4-3-5-14(11)7-10(15)2/h9-11H,3-8H2,1-2H3. The summed E-state index contributed by atoms with van der Waals surface area (Å²) in [5.74, 6) is 0.613. The molecule has 0 radical (unpaired) electrons. The number of nitrogens with zero attached hydrogens (tertiary/aromatic N) is 2. The summed E-state index contributed by atoms with van der Waals surface area (Å²) in [4.78, 5) is 16.7. The summed E-state index contributed by atoms with van der Waals surface area (Å²) in [7, 11) is 0. The highest BCUT2D eigenvalue weighted by molar-refractivity contribution is 6.19. The van der Waals surface area contributed by atoms with Crippen molar-refractivity contribution in [3.8, 4) is 0 Å². The van der Waals surface area contributed by atoms with Crippen LogP contribution < -0.4 is 0 Å². The van der Waals surface area contributed by atoms with E-state index in [2.05, 4.69) is 11.8 Å². The largest absolute Gasteiger partial charge is 0.337 e. The molecule has 0 aliphatic carbocycles. The van der Waals surface area contributed by atoms with Crippen LogP contribution in [0.3, 0.4) is 0 Å². The highest BCUT2D eigenvalue weighted by Gasteiger charge is 2.37. The number of carbonyl (C=O) groups is 1. The Morgan fingerprint density at radius 3 is 2.94 bits per heavy atom. The predicted octanol–water partition coefficient (Wildman–Crippen LogP) is 1.56. The van der Waals surface area contributed by atoms with Gasteiger partial charge in [0.2, 0.25) is 5.91 Å². The fourth-order valence-corrected chi connectivity index (χ4v) is 2.98. The molecular formula is C12H21ClN2O. The van der Waals surface area contributed by atoms with Gasteiger partial charge in [-0.25, -0.2) is 0 Å². The van der Waals surface area contributed by atoms with Crippen molar-refractivity contribution in [3.63, 3.8) is 0 Å². The third-order valence-electron chi connectivity index (χ3n) is 3.87. The molecule has 2 rings (SSSR count). The number of rotatable bonds is 2. The molecule has 1 amide bonds. The topological polar surface area (TPSA) is 23.6 Å². The SMILES string of the molecule is CC(CCl)C(=O)N1CC2CCCN2CC1C. The Labute approximate surface area is 103 Å². The van der Waals surface area contributed by atoms with Gasteiger partial charge in [0.25, 0.3) is 0 Å². The minimum Gasteiger partial charge on any atom is -0.337 e. The zero-order chi connectivity index (χ0) is 11.7. The first-order chi connectivity index (χ1) is 7.63. The molecule has 0 N–H and O–H groups in total. The second-order valence-electron chi connectivity index (χ2n) is 5.19. The molecule has 0 aromatic heterocycles. The fourth-order valence-electron chi connectivity index (χ4n) is 2.84. The smallest absolute Gasteiger partial charge is 0.226 e. The number of halogens is 1. The van der Waals surface area contributed by atoms with Gasteiger partial charge in [-0.2, -0.15) is 0 Å². The molecule has 0 saturated carbocycles. The number of hydrogen-bond acceptors (Lipinski definition) is 2. The maximum Gasteiger partial charge on any atom is 0.226 e. The van der Waals surface area contributed by atoms with Crippen LogP contribution in [0.1, 0.15) is 26.7 Å². The number of amides is 1. The van der Waals surface area contributed by atoms with Crippen LogP contribution in [-0.2, 0) is 4.79 Å². The normalized spacial score (nSPS) is 32.6. The fraction of sp³-hybridized carbons (Fsp3) is 0.917. The molecule has 0 spiro atoms. The number of hydrogen-bond donors (Lipinski definition) is 0. The van der Waals surface area contributed by atoms with Crippen LogP contribution in [0.15, 0.2) is 0 Å². The van der Waals surface area contributed by atoms with Crippen LogP contribution in [0, 0.1) is 5.92 Å². The maximum absolute atomic E-state index is 12.2. The Hall–Kier alpha value is -0.280. The molecular weight excluding hydrogens is 224 g/mol. The van der Waals surface area contributed by atoms with Gasteiger partial charge in [-0.3, -0.25) is 9.69 Å². The zero-order valence-corrected chi connectivity index (χ0v) is 10.9. The average molecular weight is 245 g/mol. The van der Waals surface area contributed by atoms with Gasteiger partial charge in [-0.15, -0.1) is 11.6 Å². The number of piperazine rings is 1. The Morgan fingerprint density at radius 1 is 1.50 bits per heavy atom. The third kappa shape index (κ3) is 2.21. The van der Waals surface area contributed by atoms with Gasteiger partial charge >= 0.3 is 0 Å². The minimum absolute atomic E-state index is 0.0444. The first kappa shape index (κ1) is 12.2. The van der Waals surface area contributed by atoms with Crippen LogP contribution in [0.4, 0.5) is 0 Å². The molecule has 92 valence electrons. The summed E-state index contributed by atoms with van der Waals surface area (Å²) < 4.78 is 0. The summed E-state index contributed by atoms with van der Waals surface area (Å²) >= 11 is 5.77. The molecule has 3 atom stereocenters.